The van der Waals surface area contributed by atoms with Crippen LogP contribution in [0.3, 0.4) is 0 Å². The van der Waals surface area contributed by atoms with Gasteiger partial charge in [0.25, 0.3) is 5.91 Å². The predicted octanol–water partition coefficient (Wildman–Crippen LogP) is 2.55. The zero-order valence-corrected chi connectivity index (χ0v) is 11.7. The van der Waals surface area contributed by atoms with Gasteiger partial charge >= 0.3 is 0 Å². The van der Waals surface area contributed by atoms with E-state index in [1.54, 1.807) is 43.3 Å². The average Bonchev–Trinajstić information content (AvgIpc) is 2.48. The van der Waals surface area contributed by atoms with Crippen molar-refractivity contribution in [1.82, 2.24) is 4.90 Å². The van der Waals surface area contributed by atoms with Crippen LogP contribution in [-0.4, -0.2) is 25.0 Å². The Hall–Kier alpha value is -2.49. The second-order valence-electron chi connectivity index (χ2n) is 4.63. The maximum atomic E-state index is 12.2. The number of carbonyl (C=O) groups is 1. The van der Waals surface area contributed by atoms with E-state index in [1.165, 1.54) is 0 Å². The van der Waals surface area contributed by atoms with Crippen LogP contribution in [0.15, 0.2) is 48.5 Å². The van der Waals surface area contributed by atoms with Crippen molar-refractivity contribution < 1.29 is 9.53 Å². The Morgan fingerprint density at radius 2 is 1.70 bits per heavy atom. The highest BCUT2D eigenvalue weighted by Gasteiger charge is 2.11. The number of nitrogen functional groups attached to an aromatic ring is 1. The fourth-order valence-electron chi connectivity index (χ4n) is 1.92. The molecule has 0 aliphatic carbocycles. The summed E-state index contributed by atoms with van der Waals surface area (Å²) in [5.74, 6) is 0.780. The maximum absolute atomic E-state index is 12.2. The molecule has 0 aromatic heterocycles. The number of benzene rings is 2. The molecule has 0 saturated heterocycles. The summed E-state index contributed by atoms with van der Waals surface area (Å²) in [4.78, 5) is 13.9. The molecule has 0 spiro atoms. The SMILES string of the molecule is COc1ccc(CN(C)C(=O)c2ccc(N)cc2)cc1. The van der Waals surface area contributed by atoms with E-state index in [1.807, 2.05) is 24.3 Å². The molecule has 0 unspecified atom stereocenters. The molecule has 1 amide bonds. The minimum atomic E-state index is -0.0270. The molecule has 4 heteroatoms. The van der Waals surface area contributed by atoms with Gasteiger partial charge in [0, 0.05) is 24.8 Å². The number of ether oxygens (including phenoxy) is 1. The van der Waals surface area contributed by atoms with E-state index in [0.717, 1.165) is 11.3 Å². The quantitative estimate of drug-likeness (QED) is 0.869. The molecule has 2 N–H and O–H groups in total. The molecule has 0 radical (unpaired) electrons. The number of amides is 1. The van der Waals surface area contributed by atoms with Crippen LogP contribution in [0, 0.1) is 0 Å². The van der Waals surface area contributed by atoms with E-state index in [-0.39, 0.29) is 5.91 Å². The Morgan fingerprint density at radius 1 is 1.10 bits per heavy atom. The first-order chi connectivity index (χ1) is 9.60. The monoisotopic (exact) mass is 270 g/mol. The second-order valence-corrected chi connectivity index (χ2v) is 4.63. The molecule has 0 fully saturated rings. The van der Waals surface area contributed by atoms with Crippen molar-refractivity contribution in [1.29, 1.82) is 0 Å². The topological polar surface area (TPSA) is 55.6 Å². The van der Waals surface area contributed by atoms with Crippen LogP contribution >= 0.6 is 0 Å². The summed E-state index contributed by atoms with van der Waals surface area (Å²) in [7, 11) is 3.41. The van der Waals surface area contributed by atoms with Crippen molar-refractivity contribution in [2.24, 2.45) is 0 Å². The van der Waals surface area contributed by atoms with Gasteiger partial charge in [0.2, 0.25) is 0 Å². The van der Waals surface area contributed by atoms with Crippen molar-refractivity contribution in [2.75, 3.05) is 19.9 Å². The number of hydrogen-bond acceptors (Lipinski definition) is 3. The van der Waals surface area contributed by atoms with Crippen molar-refractivity contribution in [2.45, 2.75) is 6.54 Å². The van der Waals surface area contributed by atoms with Crippen molar-refractivity contribution >= 4 is 11.6 Å². The lowest BCUT2D eigenvalue weighted by Crippen LogP contribution is -2.26. The molecule has 104 valence electrons. The fourth-order valence-corrected chi connectivity index (χ4v) is 1.92. The van der Waals surface area contributed by atoms with Gasteiger partial charge in [-0.1, -0.05) is 12.1 Å². The van der Waals surface area contributed by atoms with Gasteiger partial charge in [0.1, 0.15) is 5.75 Å². The van der Waals surface area contributed by atoms with E-state index in [2.05, 4.69) is 0 Å². The van der Waals surface area contributed by atoms with Crippen LogP contribution in [0.2, 0.25) is 0 Å². The van der Waals surface area contributed by atoms with Crippen LogP contribution in [-0.2, 0) is 6.54 Å². The zero-order chi connectivity index (χ0) is 14.5. The predicted molar refractivity (Wildman–Crippen MR) is 79.6 cm³/mol. The minimum absolute atomic E-state index is 0.0270. The van der Waals surface area contributed by atoms with Crippen molar-refractivity contribution in [3.05, 3.63) is 59.7 Å². The van der Waals surface area contributed by atoms with E-state index >= 15 is 0 Å². The standard InChI is InChI=1S/C16H18N2O2/c1-18(11-12-3-9-15(20-2)10-4-12)16(19)13-5-7-14(17)8-6-13/h3-10H,11,17H2,1-2H3. The lowest BCUT2D eigenvalue weighted by Gasteiger charge is -2.17. The number of nitrogens with zero attached hydrogens (tertiary/aromatic N) is 1. The highest BCUT2D eigenvalue weighted by atomic mass is 16.5. The molecular weight excluding hydrogens is 252 g/mol. The molecule has 0 atom stereocenters. The summed E-state index contributed by atoms with van der Waals surface area (Å²) >= 11 is 0. The van der Waals surface area contributed by atoms with Gasteiger partial charge in [-0.25, -0.2) is 0 Å². The van der Waals surface area contributed by atoms with Gasteiger partial charge in [0.15, 0.2) is 0 Å². The lowest BCUT2D eigenvalue weighted by molar-refractivity contribution is 0.0785. The third-order valence-electron chi connectivity index (χ3n) is 3.08. The molecule has 0 heterocycles. The van der Waals surface area contributed by atoms with E-state index < -0.39 is 0 Å². The molecule has 20 heavy (non-hydrogen) atoms. The van der Waals surface area contributed by atoms with Crippen LogP contribution < -0.4 is 10.5 Å². The van der Waals surface area contributed by atoms with Crippen LogP contribution in [0.5, 0.6) is 5.75 Å². The number of anilines is 1. The summed E-state index contributed by atoms with van der Waals surface area (Å²) < 4.78 is 5.11. The Labute approximate surface area is 118 Å². The van der Waals surface area contributed by atoms with Gasteiger partial charge in [-0.15, -0.1) is 0 Å². The molecular formula is C16H18N2O2. The van der Waals surface area contributed by atoms with Crippen LogP contribution in [0.1, 0.15) is 15.9 Å². The number of carbonyl (C=O) groups excluding carboxylic acids is 1. The summed E-state index contributed by atoms with van der Waals surface area (Å²) in [6.07, 6.45) is 0. The van der Waals surface area contributed by atoms with Crippen molar-refractivity contribution in [3.63, 3.8) is 0 Å². The van der Waals surface area contributed by atoms with E-state index in [0.29, 0.717) is 17.8 Å². The zero-order valence-electron chi connectivity index (χ0n) is 11.7. The average molecular weight is 270 g/mol. The van der Waals surface area contributed by atoms with E-state index in [4.69, 9.17) is 10.5 Å². The Balaban J connectivity index is 2.04. The Morgan fingerprint density at radius 3 is 2.25 bits per heavy atom. The van der Waals surface area contributed by atoms with Gasteiger partial charge < -0.3 is 15.4 Å². The highest BCUT2D eigenvalue weighted by Crippen LogP contribution is 2.14. The molecule has 0 bridgehead atoms. The van der Waals surface area contributed by atoms with Gasteiger partial charge in [0.05, 0.1) is 7.11 Å². The van der Waals surface area contributed by atoms with Crippen molar-refractivity contribution in [3.8, 4) is 5.75 Å². The van der Waals surface area contributed by atoms with Gasteiger partial charge in [-0.2, -0.15) is 0 Å². The number of rotatable bonds is 4. The Bertz CT molecular complexity index is 576. The van der Waals surface area contributed by atoms with Crippen LogP contribution in [0.4, 0.5) is 5.69 Å². The normalized spacial score (nSPS) is 10.1. The first-order valence-electron chi connectivity index (χ1n) is 6.34. The number of methoxy groups -OCH3 is 1. The smallest absolute Gasteiger partial charge is 0.253 e. The molecule has 2 aromatic rings. The summed E-state index contributed by atoms with van der Waals surface area (Å²) in [6, 6.07) is 14.6. The molecule has 0 aliphatic heterocycles. The molecule has 0 aliphatic rings. The van der Waals surface area contributed by atoms with E-state index in [9.17, 15) is 4.79 Å². The third kappa shape index (κ3) is 3.29. The van der Waals surface area contributed by atoms with Gasteiger partial charge in [-0.05, 0) is 42.0 Å². The highest BCUT2D eigenvalue weighted by molar-refractivity contribution is 5.94. The first kappa shape index (κ1) is 13.9. The second kappa shape index (κ2) is 6.10. The molecule has 2 rings (SSSR count). The Kier molecular flexibility index (Phi) is 4.25. The maximum Gasteiger partial charge on any atom is 0.253 e. The minimum Gasteiger partial charge on any atom is -0.497 e. The molecule has 2 aromatic carbocycles. The fraction of sp³-hybridized carbons (Fsp3) is 0.188. The number of hydrogen-bond donors (Lipinski definition) is 1. The largest absolute Gasteiger partial charge is 0.497 e. The summed E-state index contributed by atoms with van der Waals surface area (Å²) in [5, 5.41) is 0. The third-order valence-corrected chi connectivity index (χ3v) is 3.08. The lowest BCUT2D eigenvalue weighted by atomic mass is 10.1. The van der Waals surface area contributed by atoms with Crippen LogP contribution in [0.25, 0.3) is 0 Å². The summed E-state index contributed by atoms with van der Waals surface area (Å²) in [5.41, 5.74) is 7.96. The molecule has 4 nitrogen and oxygen atoms in total. The summed E-state index contributed by atoms with van der Waals surface area (Å²) in [6.45, 7) is 0.549. The number of nitrogens with two attached hydrogens (primary N) is 1. The molecule has 0 saturated carbocycles. The first-order valence-corrected chi connectivity index (χ1v) is 6.34. The van der Waals surface area contributed by atoms with Gasteiger partial charge in [-0.3, -0.25) is 4.79 Å².